The number of esters is 1. The molecule has 1 heterocycles. The molecule has 1 N–H and O–H groups in total. The molecule has 0 spiro atoms. The molecule has 4 aliphatic carbocycles. The Bertz CT molecular complexity index is 1070. The van der Waals surface area contributed by atoms with Gasteiger partial charge in [0.15, 0.2) is 12.3 Å². The average molecular weight is 424 g/mol. The van der Waals surface area contributed by atoms with E-state index in [1.165, 1.54) is 45.6 Å². The molecule has 7 heteroatoms. The van der Waals surface area contributed by atoms with Crippen LogP contribution in [-0.2, 0) is 16.6 Å². The van der Waals surface area contributed by atoms with Gasteiger partial charge in [0.2, 0.25) is 0 Å². The van der Waals surface area contributed by atoms with E-state index in [9.17, 15) is 14.4 Å². The Morgan fingerprint density at radius 1 is 1.13 bits per heavy atom. The van der Waals surface area contributed by atoms with Crippen LogP contribution in [0.25, 0.3) is 10.8 Å². The van der Waals surface area contributed by atoms with Gasteiger partial charge in [-0.25, -0.2) is 9.48 Å². The maximum Gasteiger partial charge on any atom is 0.359 e. The third-order valence-corrected chi connectivity index (χ3v) is 7.87. The van der Waals surface area contributed by atoms with Crippen LogP contribution in [0, 0.1) is 23.2 Å². The molecule has 1 amide bonds. The van der Waals surface area contributed by atoms with Crippen LogP contribution in [0.2, 0.25) is 0 Å². The van der Waals surface area contributed by atoms with Crippen LogP contribution in [0.4, 0.5) is 0 Å². The van der Waals surface area contributed by atoms with Crippen LogP contribution in [0.15, 0.2) is 29.1 Å². The van der Waals surface area contributed by atoms with Crippen molar-refractivity contribution in [3.05, 3.63) is 40.3 Å². The summed E-state index contributed by atoms with van der Waals surface area (Å²) in [5.74, 6) is 1.45. The molecule has 4 aliphatic rings. The number of fused-ring (bicyclic) bond motifs is 1. The number of hydrogen-bond acceptors (Lipinski definition) is 5. The summed E-state index contributed by atoms with van der Waals surface area (Å²) in [7, 11) is 1.49. The molecule has 6 rings (SSSR count). The number of amides is 1. The number of aromatic nitrogens is 2. The molecule has 1 aromatic carbocycles. The number of nitrogens with one attached hydrogen (secondary N) is 1. The maximum absolute atomic E-state index is 12.7. The van der Waals surface area contributed by atoms with Crippen LogP contribution in [0.5, 0.6) is 0 Å². The van der Waals surface area contributed by atoms with Crippen LogP contribution in [0.1, 0.15) is 55.9 Å². The number of carbonyl (C=O) groups excluding carboxylic acids is 2. The lowest BCUT2D eigenvalue weighted by Gasteiger charge is -2.59. The summed E-state index contributed by atoms with van der Waals surface area (Å²) in [5, 5.41) is 8.00. The number of nitrogens with zero attached hydrogens (tertiary/aromatic N) is 2. The molecule has 1 aromatic heterocycles. The van der Waals surface area contributed by atoms with Crippen LogP contribution >= 0.6 is 0 Å². The smallest absolute Gasteiger partial charge is 0.359 e. The lowest BCUT2D eigenvalue weighted by Crippen LogP contribution is -2.56. The Balaban J connectivity index is 1.24. The summed E-state index contributed by atoms with van der Waals surface area (Å²) in [6, 6.07) is 6.85. The first-order valence-corrected chi connectivity index (χ1v) is 11.3. The predicted octanol–water partition coefficient (Wildman–Crippen LogP) is 2.81. The van der Waals surface area contributed by atoms with E-state index in [2.05, 4.69) is 17.3 Å². The first-order valence-electron chi connectivity index (χ1n) is 11.3. The van der Waals surface area contributed by atoms with Crippen molar-refractivity contribution in [1.29, 1.82) is 0 Å². The molecule has 7 nitrogen and oxygen atoms in total. The highest BCUT2D eigenvalue weighted by Crippen LogP contribution is 2.61. The van der Waals surface area contributed by atoms with E-state index in [0.717, 1.165) is 22.4 Å². The van der Waals surface area contributed by atoms with Crippen molar-refractivity contribution in [2.24, 2.45) is 30.2 Å². The van der Waals surface area contributed by atoms with Crippen LogP contribution in [-0.4, -0.2) is 34.3 Å². The molecular formula is C24H29N3O4. The van der Waals surface area contributed by atoms with Crippen molar-refractivity contribution in [2.45, 2.75) is 51.5 Å². The summed E-state index contributed by atoms with van der Waals surface area (Å²) in [6.45, 7) is 1.75. The maximum atomic E-state index is 12.7. The van der Waals surface area contributed by atoms with Crippen molar-refractivity contribution in [3.8, 4) is 0 Å². The Hall–Kier alpha value is -2.70. The molecule has 0 aliphatic heterocycles. The highest BCUT2D eigenvalue weighted by molar-refractivity contribution is 6.02. The summed E-state index contributed by atoms with van der Waals surface area (Å²) >= 11 is 0. The Labute approximate surface area is 181 Å². The van der Waals surface area contributed by atoms with E-state index in [1.54, 1.807) is 24.3 Å². The zero-order valence-corrected chi connectivity index (χ0v) is 18.1. The van der Waals surface area contributed by atoms with Crippen molar-refractivity contribution in [1.82, 2.24) is 15.1 Å². The molecular weight excluding hydrogens is 394 g/mol. The Kier molecular flexibility index (Phi) is 4.87. The largest absolute Gasteiger partial charge is 0.451 e. The number of aryl methyl sites for hydroxylation is 1. The van der Waals surface area contributed by atoms with Gasteiger partial charge in [0.25, 0.3) is 11.5 Å². The second-order valence-corrected chi connectivity index (χ2v) is 9.97. The van der Waals surface area contributed by atoms with Gasteiger partial charge >= 0.3 is 5.97 Å². The molecule has 2 aromatic rings. The van der Waals surface area contributed by atoms with Gasteiger partial charge in [-0.15, -0.1) is 0 Å². The number of carbonyl (C=O) groups is 2. The average Bonchev–Trinajstić information content (AvgIpc) is 2.73. The van der Waals surface area contributed by atoms with Crippen molar-refractivity contribution >= 4 is 22.6 Å². The lowest BCUT2D eigenvalue weighted by atomic mass is 9.48. The van der Waals surface area contributed by atoms with E-state index in [4.69, 9.17) is 4.74 Å². The van der Waals surface area contributed by atoms with E-state index < -0.39 is 5.97 Å². The third kappa shape index (κ3) is 3.54. The minimum atomic E-state index is -0.704. The lowest BCUT2D eigenvalue weighted by molar-refractivity contribution is -0.128. The van der Waals surface area contributed by atoms with Crippen molar-refractivity contribution in [2.75, 3.05) is 6.61 Å². The number of hydrogen-bond donors (Lipinski definition) is 1. The van der Waals surface area contributed by atoms with Crippen LogP contribution in [0.3, 0.4) is 0 Å². The number of ether oxygens (including phenoxy) is 1. The fourth-order valence-electron chi connectivity index (χ4n) is 6.79. The van der Waals surface area contributed by atoms with Crippen molar-refractivity contribution in [3.63, 3.8) is 0 Å². The molecule has 1 atom stereocenters. The molecule has 4 fully saturated rings. The van der Waals surface area contributed by atoms with Gasteiger partial charge < -0.3 is 10.1 Å². The summed E-state index contributed by atoms with van der Waals surface area (Å²) in [5.41, 5.74) is -0.0434. The third-order valence-electron chi connectivity index (χ3n) is 7.87. The molecule has 0 saturated heterocycles. The summed E-state index contributed by atoms with van der Waals surface area (Å²) in [6.07, 6.45) is 7.69. The van der Waals surface area contributed by atoms with Gasteiger partial charge in [0.05, 0.1) is 5.39 Å². The van der Waals surface area contributed by atoms with Crippen molar-refractivity contribution < 1.29 is 14.3 Å². The normalized spacial score (nSPS) is 29.7. The minimum absolute atomic E-state index is 0.0413. The van der Waals surface area contributed by atoms with Gasteiger partial charge in [-0.2, -0.15) is 5.10 Å². The highest BCUT2D eigenvalue weighted by Gasteiger charge is 2.53. The predicted molar refractivity (Wildman–Crippen MR) is 115 cm³/mol. The second kappa shape index (κ2) is 7.46. The highest BCUT2D eigenvalue weighted by atomic mass is 16.5. The molecule has 164 valence electrons. The number of rotatable bonds is 5. The number of benzene rings is 1. The minimum Gasteiger partial charge on any atom is -0.451 e. The van der Waals surface area contributed by atoms with E-state index in [1.807, 2.05) is 0 Å². The first-order chi connectivity index (χ1) is 14.8. The second-order valence-electron chi connectivity index (χ2n) is 9.97. The van der Waals surface area contributed by atoms with E-state index >= 15 is 0 Å². The SMILES string of the molecule is C[C@@H](NC(=O)COC(=O)c1nn(C)c(=O)c2ccccc12)C12CC3CC(CC(C3)C1)C2. The molecule has 31 heavy (non-hydrogen) atoms. The van der Waals surface area contributed by atoms with Crippen LogP contribution < -0.4 is 10.9 Å². The molecule has 4 saturated carbocycles. The fraction of sp³-hybridized carbons (Fsp3) is 0.583. The first kappa shape index (κ1) is 20.2. The standard InChI is InChI=1S/C24H29N3O4/c1-14(24-10-15-7-16(11-24)9-17(8-15)12-24)25-20(28)13-31-23(30)21-18-5-3-4-6-19(18)22(29)27(2)26-21/h3-6,14-17H,7-13H2,1-2H3,(H,25,28)/t14-,15?,16?,17?,24?/m1/s1. The van der Waals surface area contributed by atoms with Gasteiger partial charge in [-0.05, 0) is 74.7 Å². The van der Waals surface area contributed by atoms with E-state index in [-0.39, 0.29) is 35.2 Å². The quantitative estimate of drug-likeness (QED) is 0.747. The van der Waals surface area contributed by atoms with Gasteiger partial charge in [-0.3, -0.25) is 9.59 Å². The Morgan fingerprint density at radius 2 is 1.71 bits per heavy atom. The summed E-state index contributed by atoms with van der Waals surface area (Å²) < 4.78 is 6.40. The topological polar surface area (TPSA) is 90.3 Å². The fourth-order valence-corrected chi connectivity index (χ4v) is 6.79. The van der Waals surface area contributed by atoms with Gasteiger partial charge in [0.1, 0.15) is 0 Å². The van der Waals surface area contributed by atoms with Gasteiger partial charge in [-0.1, -0.05) is 18.2 Å². The molecule has 4 bridgehead atoms. The summed E-state index contributed by atoms with van der Waals surface area (Å²) in [4.78, 5) is 37.5. The monoisotopic (exact) mass is 423 g/mol. The molecule has 0 unspecified atom stereocenters. The Morgan fingerprint density at radius 3 is 2.32 bits per heavy atom. The molecule has 0 radical (unpaired) electrons. The van der Waals surface area contributed by atoms with Gasteiger partial charge in [0, 0.05) is 18.5 Å². The zero-order chi connectivity index (χ0) is 21.8. The van der Waals surface area contributed by atoms with E-state index in [0.29, 0.717) is 10.8 Å². The zero-order valence-electron chi connectivity index (χ0n) is 18.1.